The third-order valence-corrected chi connectivity index (χ3v) is 5.24. The largest absolute Gasteiger partial charge is 0.492 e. The molecule has 36 heavy (non-hydrogen) atoms. The Hall–Kier alpha value is -4.53. The Morgan fingerprint density at radius 1 is 0.889 bits per heavy atom. The van der Waals surface area contributed by atoms with Gasteiger partial charge in [0.1, 0.15) is 36.2 Å². The lowest BCUT2D eigenvalue weighted by Gasteiger charge is -2.08. The highest BCUT2D eigenvalue weighted by atomic mass is 19.1. The van der Waals surface area contributed by atoms with Gasteiger partial charge in [0.25, 0.3) is 5.56 Å². The number of hydrogen-bond acceptors (Lipinski definition) is 6. The second-order valence-electron chi connectivity index (χ2n) is 7.90. The number of aromatic amines is 1. The lowest BCUT2D eigenvalue weighted by molar-refractivity contribution is -0.121. The Labute approximate surface area is 207 Å². The van der Waals surface area contributed by atoms with Crippen LogP contribution in [0.4, 0.5) is 4.39 Å². The monoisotopic (exact) mass is 488 g/mol. The number of carbonyl (C=O) groups excluding carboxylic acids is 1. The molecule has 0 spiro atoms. The van der Waals surface area contributed by atoms with Crippen LogP contribution in [0.25, 0.3) is 11.4 Å². The van der Waals surface area contributed by atoms with Gasteiger partial charge in [0, 0.05) is 18.4 Å². The molecule has 184 valence electrons. The van der Waals surface area contributed by atoms with Gasteiger partial charge in [-0.15, -0.1) is 10.2 Å². The highest BCUT2D eigenvalue weighted by Crippen LogP contribution is 2.19. The van der Waals surface area contributed by atoms with E-state index >= 15 is 0 Å². The molecule has 1 amide bonds. The first-order valence-electron chi connectivity index (χ1n) is 11.4. The average Bonchev–Trinajstić information content (AvgIpc) is 2.91. The molecule has 1 heterocycles. The Balaban J connectivity index is 1.23. The van der Waals surface area contributed by atoms with Crippen molar-refractivity contribution in [3.8, 4) is 22.9 Å². The molecule has 0 aliphatic heterocycles. The van der Waals surface area contributed by atoms with E-state index in [4.69, 9.17) is 9.47 Å². The molecule has 8 nitrogen and oxygen atoms in total. The van der Waals surface area contributed by atoms with Crippen LogP contribution in [0.2, 0.25) is 0 Å². The van der Waals surface area contributed by atoms with Gasteiger partial charge in [0.15, 0.2) is 5.82 Å². The number of carbonyl (C=O) groups is 1. The molecule has 3 aromatic carbocycles. The van der Waals surface area contributed by atoms with E-state index in [2.05, 4.69) is 20.5 Å². The minimum Gasteiger partial charge on any atom is -0.492 e. The fourth-order valence-electron chi connectivity index (χ4n) is 3.31. The number of nitrogens with one attached hydrogen (secondary N) is 2. The molecule has 0 unspecified atom stereocenters. The number of rotatable bonds is 11. The Bertz CT molecular complexity index is 1330. The molecule has 0 atom stereocenters. The van der Waals surface area contributed by atoms with Crippen molar-refractivity contribution < 1.29 is 18.7 Å². The number of para-hydroxylation sites is 1. The quantitative estimate of drug-likeness (QED) is 0.312. The number of benzene rings is 3. The summed E-state index contributed by atoms with van der Waals surface area (Å²) in [5.41, 5.74) is 1.31. The van der Waals surface area contributed by atoms with E-state index in [1.54, 1.807) is 36.4 Å². The second-order valence-corrected chi connectivity index (χ2v) is 7.90. The number of aryl methyl sites for hydroxylation is 1. The van der Waals surface area contributed by atoms with Gasteiger partial charge in [-0.3, -0.25) is 9.59 Å². The van der Waals surface area contributed by atoms with Crippen LogP contribution < -0.4 is 20.3 Å². The third kappa shape index (κ3) is 7.23. The van der Waals surface area contributed by atoms with Crippen molar-refractivity contribution in [3.63, 3.8) is 0 Å². The van der Waals surface area contributed by atoms with Gasteiger partial charge in [-0.1, -0.05) is 30.3 Å². The van der Waals surface area contributed by atoms with Gasteiger partial charge in [0.05, 0.1) is 6.54 Å². The molecule has 0 radical (unpaired) electrons. The highest BCUT2D eigenvalue weighted by molar-refractivity contribution is 5.76. The van der Waals surface area contributed by atoms with Gasteiger partial charge in [-0.2, -0.15) is 0 Å². The van der Waals surface area contributed by atoms with E-state index in [0.29, 0.717) is 36.9 Å². The molecule has 0 fully saturated rings. The first-order chi connectivity index (χ1) is 17.6. The summed E-state index contributed by atoms with van der Waals surface area (Å²) in [4.78, 5) is 27.2. The predicted molar refractivity (Wildman–Crippen MR) is 132 cm³/mol. The summed E-state index contributed by atoms with van der Waals surface area (Å²) in [6.07, 6.45) is 0.284. The molecule has 2 N–H and O–H groups in total. The summed E-state index contributed by atoms with van der Waals surface area (Å²) in [6, 6.07) is 22.4. The van der Waals surface area contributed by atoms with Crippen LogP contribution >= 0.6 is 0 Å². The zero-order valence-corrected chi connectivity index (χ0v) is 19.4. The van der Waals surface area contributed by atoms with Crippen molar-refractivity contribution >= 4 is 5.91 Å². The minimum absolute atomic E-state index is 0.114. The Kier molecular flexibility index (Phi) is 8.37. The fraction of sp³-hybridized carbons (Fsp3) is 0.185. The van der Waals surface area contributed by atoms with Crippen molar-refractivity contribution in [1.29, 1.82) is 0 Å². The van der Waals surface area contributed by atoms with Crippen LogP contribution in [0.1, 0.15) is 17.7 Å². The Morgan fingerprint density at radius 3 is 2.33 bits per heavy atom. The standard InChI is InChI=1S/C27H25FN4O4/c28-21-10-6-19(7-11-21)18-36-23-12-8-20(9-13-23)26-30-27(34)24(31-32-26)14-15-25(33)29-16-17-35-22-4-2-1-3-5-22/h1-13H,14-18H2,(H,29,33)(H,30,32,34). The molecule has 1 aromatic heterocycles. The maximum Gasteiger partial charge on any atom is 0.273 e. The SMILES string of the molecule is O=C(CCc1nnc(-c2ccc(OCc3ccc(F)cc3)cc2)[nH]c1=O)NCCOc1ccccc1. The van der Waals surface area contributed by atoms with Gasteiger partial charge >= 0.3 is 0 Å². The Morgan fingerprint density at radius 2 is 1.61 bits per heavy atom. The molecular weight excluding hydrogens is 463 g/mol. The molecule has 0 saturated carbocycles. The summed E-state index contributed by atoms with van der Waals surface area (Å²) in [7, 11) is 0. The van der Waals surface area contributed by atoms with Crippen molar-refractivity contribution in [1.82, 2.24) is 20.5 Å². The molecule has 4 rings (SSSR count). The predicted octanol–water partition coefficient (Wildman–Crippen LogP) is 3.68. The third-order valence-electron chi connectivity index (χ3n) is 5.24. The summed E-state index contributed by atoms with van der Waals surface area (Å²) < 4.78 is 24.2. The van der Waals surface area contributed by atoms with Gasteiger partial charge < -0.3 is 19.8 Å². The number of H-pyrrole nitrogens is 1. The topological polar surface area (TPSA) is 106 Å². The van der Waals surface area contributed by atoms with Crippen LogP contribution in [0.3, 0.4) is 0 Å². The van der Waals surface area contributed by atoms with Gasteiger partial charge in [-0.05, 0) is 54.1 Å². The molecular formula is C27H25FN4O4. The normalized spacial score (nSPS) is 10.6. The van der Waals surface area contributed by atoms with Crippen LogP contribution in [-0.4, -0.2) is 34.2 Å². The molecule has 0 aliphatic rings. The van der Waals surface area contributed by atoms with Crippen molar-refractivity contribution in [2.24, 2.45) is 0 Å². The number of hydrogen-bond donors (Lipinski definition) is 2. The van der Waals surface area contributed by atoms with Gasteiger partial charge in [-0.25, -0.2) is 4.39 Å². The van der Waals surface area contributed by atoms with E-state index in [9.17, 15) is 14.0 Å². The van der Waals surface area contributed by atoms with Crippen LogP contribution in [0, 0.1) is 5.82 Å². The number of ether oxygens (including phenoxy) is 2. The molecule has 9 heteroatoms. The van der Waals surface area contributed by atoms with Crippen LogP contribution in [0.15, 0.2) is 83.7 Å². The molecule has 0 aliphatic carbocycles. The van der Waals surface area contributed by atoms with Crippen molar-refractivity contribution in [2.75, 3.05) is 13.2 Å². The second kappa shape index (κ2) is 12.3. The average molecular weight is 489 g/mol. The van der Waals surface area contributed by atoms with E-state index < -0.39 is 5.56 Å². The highest BCUT2D eigenvalue weighted by Gasteiger charge is 2.10. The van der Waals surface area contributed by atoms with Gasteiger partial charge in [0.2, 0.25) is 5.91 Å². The smallest absolute Gasteiger partial charge is 0.273 e. The summed E-state index contributed by atoms with van der Waals surface area (Å²) in [5.74, 6) is 1.18. The van der Waals surface area contributed by atoms with Crippen molar-refractivity contribution in [2.45, 2.75) is 19.4 Å². The summed E-state index contributed by atoms with van der Waals surface area (Å²) in [5, 5.41) is 10.9. The van der Waals surface area contributed by atoms with Crippen molar-refractivity contribution in [3.05, 3.63) is 106 Å². The van der Waals surface area contributed by atoms with E-state index in [0.717, 1.165) is 11.3 Å². The molecule has 0 bridgehead atoms. The van der Waals surface area contributed by atoms with Crippen LogP contribution in [-0.2, 0) is 17.8 Å². The van der Waals surface area contributed by atoms with E-state index in [1.165, 1.54) is 12.1 Å². The van der Waals surface area contributed by atoms with E-state index in [-0.39, 0.29) is 30.3 Å². The summed E-state index contributed by atoms with van der Waals surface area (Å²) in [6.45, 7) is 1.01. The number of nitrogens with zero attached hydrogens (tertiary/aromatic N) is 2. The maximum absolute atomic E-state index is 13.0. The minimum atomic E-state index is -0.392. The lowest BCUT2D eigenvalue weighted by Crippen LogP contribution is -2.29. The molecule has 0 saturated heterocycles. The zero-order valence-electron chi connectivity index (χ0n) is 19.4. The summed E-state index contributed by atoms with van der Waals surface area (Å²) >= 11 is 0. The van der Waals surface area contributed by atoms with Crippen LogP contribution in [0.5, 0.6) is 11.5 Å². The first-order valence-corrected chi connectivity index (χ1v) is 11.4. The number of halogens is 1. The van der Waals surface area contributed by atoms with E-state index in [1.807, 2.05) is 30.3 Å². The number of aromatic nitrogens is 3. The number of amides is 1. The zero-order chi connectivity index (χ0) is 25.2. The fourth-order valence-corrected chi connectivity index (χ4v) is 3.31. The molecule has 4 aromatic rings. The maximum atomic E-state index is 13.0. The first kappa shape index (κ1) is 24.6. The lowest BCUT2D eigenvalue weighted by atomic mass is 10.2.